The van der Waals surface area contributed by atoms with E-state index >= 15 is 0 Å². The number of nitrogens with zero attached hydrogens (tertiary/aromatic N) is 3. The predicted molar refractivity (Wildman–Crippen MR) is 354 cm³/mol. The number of unbranched alkanes of at least 4 members (excludes halogenated alkanes) is 2. The lowest BCUT2D eigenvalue weighted by Crippen LogP contribution is -2.54. The third kappa shape index (κ3) is 28.3. The first-order valence-electron chi connectivity index (χ1n) is 33.2. The SMILES string of the molecule is CC.CC.CC.CCC(C)C(C)C(CC(=O)N1CCCC1C(OC)C(C)C(=O)N[C@@H](Cc1ccccc1)C(=O)OCc1ccccc1)OC.CCC1(C)CC(=O)N(CCCCCC(=O)NNC(=O)CCCN(C)C(C(=O)N[C@H](C(C)=O)C(C)C)C(C)C)C1=O. The van der Waals surface area contributed by atoms with Gasteiger partial charge in [-0.05, 0) is 93.8 Å². The van der Waals surface area contributed by atoms with Gasteiger partial charge in [-0.2, -0.15) is 0 Å². The first-order valence-corrected chi connectivity index (χ1v) is 33.2. The number of Topliss-reactive ketones (excluding diaryl/α,β-unsaturated/α-hetero) is 1. The molecule has 89 heavy (non-hydrogen) atoms. The zero-order chi connectivity index (χ0) is 68.0. The minimum Gasteiger partial charge on any atom is -0.459 e. The molecular formula is C70H119N7O12. The maximum absolute atomic E-state index is 13.7. The molecule has 4 rings (SSSR count). The van der Waals surface area contributed by atoms with E-state index in [0.29, 0.717) is 70.5 Å². The molecule has 0 aliphatic carbocycles. The Kier molecular flexibility index (Phi) is 42.2. The number of hydrazine groups is 1. The number of benzene rings is 2. The maximum atomic E-state index is 13.7. The van der Waals surface area contributed by atoms with E-state index in [2.05, 4.69) is 42.3 Å². The molecule has 2 fully saturated rings. The van der Waals surface area contributed by atoms with Gasteiger partial charge in [0.25, 0.3) is 0 Å². The van der Waals surface area contributed by atoms with Crippen molar-refractivity contribution in [2.24, 2.45) is 35.0 Å². The van der Waals surface area contributed by atoms with Crippen molar-refractivity contribution in [1.82, 2.24) is 36.2 Å². The van der Waals surface area contributed by atoms with Crippen molar-refractivity contribution >= 4 is 53.1 Å². The number of carbonyl (C=O) groups excluding carboxylic acids is 9. The van der Waals surface area contributed by atoms with E-state index in [4.69, 9.17) is 14.2 Å². The number of esters is 1. The fraction of sp³-hybridized carbons (Fsp3) is 0.700. The van der Waals surface area contributed by atoms with Crippen LogP contribution in [0.1, 0.15) is 206 Å². The molecule has 0 aromatic heterocycles. The first kappa shape index (κ1) is 83.0. The minimum absolute atomic E-state index is 0.00533. The van der Waals surface area contributed by atoms with Gasteiger partial charge in [-0.15, -0.1) is 0 Å². The number of methoxy groups -OCH3 is 2. The highest BCUT2D eigenvalue weighted by atomic mass is 16.5. The molecule has 7 amide bonds. The molecule has 2 aromatic rings. The second-order valence-corrected chi connectivity index (χ2v) is 23.8. The summed E-state index contributed by atoms with van der Waals surface area (Å²) in [5.74, 6) is -1.89. The van der Waals surface area contributed by atoms with Gasteiger partial charge >= 0.3 is 5.97 Å². The lowest BCUT2D eigenvalue weighted by molar-refractivity contribution is -0.150. The molecule has 0 bridgehead atoms. The van der Waals surface area contributed by atoms with Gasteiger partial charge in [-0.3, -0.25) is 59.0 Å². The highest BCUT2D eigenvalue weighted by Gasteiger charge is 2.46. The van der Waals surface area contributed by atoms with Crippen LogP contribution in [0.5, 0.6) is 0 Å². The number of imide groups is 1. The van der Waals surface area contributed by atoms with Gasteiger partial charge in [0.15, 0.2) is 5.78 Å². The third-order valence-electron chi connectivity index (χ3n) is 16.8. The van der Waals surface area contributed by atoms with E-state index in [9.17, 15) is 43.2 Å². The average molecular weight is 1250 g/mol. The van der Waals surface area contributed by atoms with Crippen molar-refractivity contribution in [2.45, 2.75) is 244 Å². The summed E-state index contributed by atoms with van der Waals surface area (Å²) in [6.07, 6.45) is 6.15. The zero-order valence-corrected chi connectivity index (χ0v) is 58.4. The van der Waals surface area contributed by atoms with E-state index in [0.717, 1.165) is 30.4 Å². The predicted octanol–water partition coefficient (Wildman–Crippen LogP) is 10.6. The molecule has 0 spiro atoms. The number of ether oxygens (including phenoxy) is 3. The number of likely N-dealkylation sites (tertiary alicyclic amines) is 2. The van der Waals surface area contributed by atoms with Crippen LogP contribution in [0.15, 0.2) is 60.7 Å². The molecule has 2 heterocycles. The summed E-state index contributed by atoms with van der Waals surface area (Å²) in [5.41, 5.74) is 6.03. The number of hydrogen-bond acceptors (Lipinski definition) is 13. The number of amides is 7. The molecule has 19 nitrogen and oxygen atoms in total. The molecule has 2 aromatic carbocycles. The lowest BCUT2D eigenvalue weighted by Gasteiger charge is -2.35. The Balaban J connectivity index is 0.00000161. The Hall–Kier alpha value is -6.05. The second kappa shape index (κ2) is 45.2. The molecule has 2 aliphatic heterocycles. The Morgan fingerprint density at radius 2 is 1.28 bits per heavy atom. The Morgan fingerprint density at radius 3 is 1.78 bits per heavy atom. The van der Waals surface area contributed by atoms with Gasteiger partial charge in [0.2, 0.25) is 41.4 Å². The van der Waals surface area contributed by atoms with Crippen LogP contribution >= 0.6 is 0 Å². The van der Waals surface area contributed by atoms with Gasteiger partial charge in [0.1, 0.15) is 12.6 Å². The number of likely N-dealkylation sites (N-methyl/N-ethyl adjacent to an activating group) is 1. The van der Waals surface area contributed by atoms with Gasteiger partial charge in [0, 0.05) is 53.0 Å². The summed E-state index contributed by atoms with van der Waals surface area (Å²) in [4.78, 5) is 119. The number of rotatable bonds is 33. The maximum Gasteiger partial charge on any atom is 0.329 e. The largest absolute Gasteiger partial charge is 0.459 e. The van der Waals surface area contributed by atoms with Crippen LogP contribution in [0.3, 0.4) is 0 Å². The normalized spacial score (nSPS) is 17.9. The van der Waals surface area contributed by atoms with Gasteiger partial charge in [0.05, 0.1) is 48.1 Å². The summed E-state index contributed by atoms with van der Waals surface area (Å²) in [6.45, 7) is 34.7. The quantitative estimate of drug-likeness (QED) is 0.0225. The van der Waals surface area contributed by atoms with Crippen molar-refractivity contribution in [3.8, 4) is 0 Å². The van der Waals surface area contributed by atoms with Crippen LogP contribution in [0, 0.1) is 35.0 Å². The van der Waals surface area contributed by atoms with Crippen LogP contribution in [0.4, 0.5) is 0 Å². The van der Waals surface area contributed by atoms with Crippen molar-refractivity contribution in [3.05, 3.63) is 71.8 Å². The van der Waals surface area contributed by atoms with Crippen LogP contribution < -0.4 is 21.5 Å². The molecule has 0 radical (unpaired) electrons. The molecule has 8 unspecified atom stereocenters. The fourth-order valence-corrected chi connectivity index (χ4v) is 11.0. The fourth-order valence-electron chi connectivity index (χ4n) is 11.0. The van der Waals surface area contributed by atoms with Crippen molar-refractivity contribution in [1.29, 1.82) is 0 Å². The van der Waals surface area contributed by atoms with E-state index in [1.807, 2.05) is 161 Å². The Bertz CT molecular complexity index is 2390. The van der Waals surface area contributed by atoms with Crippen LogP contribution in [0.25, 0.3) is 0 Å². The summed E-state index contributed by atoms with van der Waals surface area (Å²) >= 11 is 0. The van der Waals surface area contributed by atoms with Crippen molar-refractivity contribution < 1.29 is 57.4 Å². The molecule has 506 valence electrons. The van der Waals surface area contributed by atoms with E-state index in [1.54, 1.807) is 21.1 Å². The summed E-state index contributed by atoms with van der Waals surface area (Å²) in [5, 5.41) is 5.81. The number of nitrogens with one attached hydrogen (secondary N) is 4. The van der Waals surface area contributed by atoms with Crippen LogP contribution in [-0.4, -0.2) is 145 Å². The molecule has 19 heteroatoms. The number of hydrogen-bond donors (Lipinski definition) is 4. The highest BCUT2D eigenvalue weighted by molar-refractivity contribution is 6.05. The zero-order valence-electron chi connectivity index (χ0n) is 58.4. The Labute approximate surface area is 536 Å². The van der Waals surface area contributed by atoms with Crippen molar-refractivity contribution in [3.63, 3.8) is 0 Å². The van der Waals surface area contributed by atoms with Gasteiger partial charge in [-0.25, -0.2) is 4.79 Å². The van der Waals surface area contributed by atoms with E-state index in [1.165, 1.54) is 11.8 Å². The highest BCUT2D eigenvalue weighted by Crippen LogP contribution is 2.36. The average Bonchev–Trinajstić information content (AvgIpc) is 2.11. The van der Waals surface area contributed by atoms with E-state index < -0.39 is 41.5 Å². The van der Waals surface area contributed by atoms with Gasteiger partial charge < -0.3 is 29.7 Å². The third-order valence-corrected chi connectivity index (χ3v) is 16.8. The first-order chi connectivity index (χ1) is 42.3. The topological polar surface area (TPSA) is 239 Å². The standard InChI is InChI=1S/C35H50N2O6.C29H51N5O6.3C2H6/c1-7-24(2)25(3)31(41-5)22-32(38)37-20-14-19-30(37)33(42-6)26(4)34(39)36-29(21-27-15-10-8-11-16-27)35(40)43-23-28-17-12-9-13-18-28;1-9-29(7)18-24(38)34(28(29)40)17-12-10-11-14-22(36)31-32-23(37)15-13-16-33(8)26(20(4)5)27(39)30-25(19(2)3)21(6)35;3*1-2/h8-13,15-18,24-26,29-31,33H,7,14,19-23H2,1-6H3,(H,36,39);19-20,25-26H,9-18H2,1-8H3,(H,30,39)(H,31,36)(H,32,37);3*1-2H3/t24?,25?,26?,29-,30?,31?,33?;25-,26?,29?;;;/m00.../s1. The lowest BCUT2D eigenvalue weighted by atomic mass is 9.86. The molecule has 2 saturated heterocycles. The molecule has 4 N–H and O–H groups in total. The monoisotopic (exact) mass is 1250 g/mol. The Morgan fingerprint density at radius 1 is 0.719 bits per heavy atom. The van der Waals surface area contributed by atoms with Crippen LogP contribution in [-0.2, 0) is 70.4 Å². The molecule has 10 atom stereocenters. The second-order valence-electron chi connectivity index (χ2n) is 23.8. The smallest absolute Gasteiger partial charge is 0.329 e. The van der Waals surface area contributed by atoms with Crippen LogP contribution in [0.2, 0.25) is 0 Å². The molecule has 2 aliphatic rings. The summed E-state index contributed by atoms with van der Waals surface area (Å²) in [6, 6.07) is 16.9. The van der Waals surface area contributed by atoms with Crippen molar-refractivity contribution in [2.75, 3.05) is 40.9 Å². The van der Waals surface area contributed by atoms with E-state index in [-0.39, 0.29) is 103 Å². The van der Waals surface area contributed by atoms with Gasteiger partial charge in [-0.1, -0.05) is 184 Å². The number of carbonyl (C=O) groups is 9. The minimum atomic E-state index is -0.871. The molecule has 0 saturated carbocycles. The summed E-state index contributed by atoms with van der Waals surface area (Å²) in [7, 11) is 5.06. The molecular weight excluding hydrogens is 1130 g/mol. The summed E-state index contributed by atoms with van der Waals surface area (Å²) < 4.78 is 17.3. The number of ketones is 1.